The first kappa shape index (κ1) is 13.3. The maximum absolute atomic E-state index is 10.7. The monoisotopic (exact) mass is 241 g/mol. The van der Waals surface area contributed by atoms with Gasteiger partial charge in [-0.1, -0.05) is 0 Å². The van der Waals surface area contributed by atoms with Gasteiger partial charge in [-0.3, -0.25) is 4.79 Å². The fourth-order valence-electron chi connectivity index (χ4n) is 1.40. The summed E-state index contributed by atoms with van der Waals surface area (Å²) in [6.07, 6.45) is -1.36. The highest BCUT2D eigenvalue weighted by Gasteiger charge is 2.26. The molecule has 17 heavy (non-hydrogen) atoms. The molecule has 4 N–H and O–H groups in total. The summed E-state index contributed by atoms with van der Waals surface area (Å²) in [4.78, 5) is 10.7. The molecule has 2 atom stereocenters. The van der Waals surface area contributed by atoms with Gasteiger partial charge in [0.15, 0.2) is 0 Å². The summed E-state index contributed by atoms with van der Waals surface area (Å²) in [5, 5.41) is 18.6. The first-order chi connectivity index (χ1) is 8.01. The van der Waals surface area contributed by atoms with Crippen molar-refractivity contribution >= 4 is 5.97 Å². The minimum absolute atomic E-state index is 0.279. The van der Waals surface area contributed by atoms with Crippen molar-refractivity contribution in [1.82, 2.24) is 0 Å². The predicted octanol–water partition coefficient (Wildman–Crippen LogP) is 0.149. The van der Waals surface area contributed by atoms with E-state index >= 15 is 0 Å². The van der Waals surface area contributed by atoms with E-state index in [1.165, 1.54) is 20.3 Å². The Kier molecular flexibility index (Phi) is 4.30. The zero-order valence-corrected chi connectivity index (χ0v) is 9.58. The zero-order valence-electron chi connectivity index (χ0n) is 9.58. The van der Waals surface area contributed by atoms with Crippen LogP contribution in [-0.2, 0) is 4.79 Å². The summed E-state index contributed by atoms with van der Waals surface area (Å²) < 4.78 is 10.0. The first-order valence-corrected chi connectivity index (χ1v) is 4.89. The molecule has 2 unspecified atom stereocenters. The van der Waals surface area contributed by atoms with Crippen molar-refractivity contribution in [3.63, 3.8) is 0 Å². The van der Waals surface area contributed by atoms with Gasteiger partial charge in [-0.2, -0.15) is 0 Å². The molecule has 0 fully saturated rings. The lowest BCUT2D eigenvalue weighted by molar-refractivity contribution is -0.141. The summed E-state index contributed by atoms with van der Waals surface area (Å²) in [5.74, 6) is -0.449. The molecule has 0 spiro atoms. The molecular formula is C11H15NO5. The van der Waals surface area contributed by atoms with Gasteiger partial charge in [-0.25, -0.2) is 0 Å². The Labute approximate surface area is 98.6 Å². The quantitative estimate of drug-likeness (QED) is 0.678. The molecule has 0 heterocycles. The second-order valence-electron chi connectivity index (χ2n) is 3.42. The van der Waals surface area contributed by atoms with Gasteiger partial charge in [-0.05, 0) is 18.2 Å². The second-order valence-corrected chi connectivity index (χ2v) is 3.42. The van der Waals surface area contributed by atoms with Crippen LogP contribution in [0.2, 0.25) is 0 Å². The highest BCUT2D eigenvalue weighted by molar-refractivity contribution is 5.74. The van der Waals surface area contributed by atoms with E-state index in [4.69, 9.17) is 20.3 Å². The lowest BCUT2D eigenvalue weighted by Crippen LogP contribution is -2.36. The normalized spacial score (nSPS) is 13.9. The van der Waals surface area contributed by atoms with E-state index in [9.17, 15) is 9.90 Å². The van der Waals surface area contributed by atoms with Gasteiger partial charge < -0.3 is 25.4 Å². The van der Waals surface area contributed by atoms with Crippen molar-refractivity contribution in [2.75, 3.05) is 14.2 Å². The Morgan fingerprint density at radius 1 is 1.35 bits per heavy atom. The van der Waals surface area contributed by atoms with Gasteiger partial charge in [0.1, 0.15) is 23.6 Å². The van der Waals surface area contributed by atoms with Gasteiger partial charge in [0.25, 0.3) is 0 Å². The minimum Gasteiger partial charge on any atom is -0.497 e. The molecule has 6 nitrogen and oxygen atoms in total. The van der Waals surface area contributed by atoms with Crippen LogP contribution >= 0.6 is 0 Å². The molecule has 0 bridgehead atoms. The number of methoxy groups -OCH3 is 2. The second kappa shape index (κ2) is 5.51. The Morgan fingerprint density at radius 2 is 2.00 bits per heavy atom. The molecular weight excluding hydrogens is 226 g/mol. The molecule has 1 aromatic carbocycles. The molecule has 1 rings (SSSR count). The topological polar surface area (TPSA) is 102 Å². The molecule has 0 aliphatic rings. The van der Waals surface area contributed by atoms with E-state index in [0.29, 0.717) is 11.5 Å². The standard InChI is InChI=1S/C11H15NO5/c1-16-6-3-4-8(17-2)7(5-6)10(13)9(12)11(14)15/h3-5,9-10,13H,12H2,1-2H3,(H,14,15). The molecule has 1 aromatic rings. The number of carboxylic acid groups (broad SMARTS) is 1. The smallest absolute Gasteiger partial charge is 0.323 e. The van der Waals surface area contributed by atoms with Crippen LogP contribution in [0.25, 0.3) is 0 Å². The average Bonchev–Trinajstić information content (AvgIpc) is 2.35. The number of ether oxygens (including phenoxy) is 2. The number of aliphatic hydroxyl groups excluding tert-OH is 1. The molecule has 0 amide bonds. The first-order valence-electron chi connectivity index (χ1n) is 4.89. The summed E-state index contributed by atoms with van der Waals surface area (Å²) in [6.45, 7) is 0. The number of carbonyl (C=O) groups is 1. The number of aliphatic hydroxyl groups is 1. The number of nitrogens with two attached hydrogens (primary N) is 1. The van der Waals surface area contributed by atoms with Crippen LogP contribution in [0.4, 0.5) is 0 Å². The Balaban J connectivity index is 3.13. The fourth-order valence-corrected chi connectivity index (χ4v) is 1.40. The number of hydrogen-bond acceptors (Lipinski definition) is 5. The number of aliphatic carboxylic acids is 1. The van der Waals surface area contributed by atoms with Crippen LogP contribution in [0.5, 0.6) is 11.5 Å². The van der Waals surface area contributed by atoms with E-state index < -0.39 is 18.1 Å². The summed E-state index contributed by atoms with van der Waals surface area (Å²) in [6, 6.07) is 3.29. The third kappa shape index (κ3) is 2.86. The van der Waals surface area contributed by atoms with Crippen LogP contribution < -0.4 is 15.2 Å². The van der Waals surface area contributed by atoms with Gasteiger partial charge in [0, 0.05) is 5.56 Å². The van der Waals surface area contributed by atoms with Crippen LogP contribution in [0.1, 0.15) is 11.7 Å². The highest BCUT2D eigenvalue weighted by atomic mass is 16.5. The maximum atomic E-state index is 10.7. The van der Waals surface area contributed by atoms with E-state index in [0.717, 1.165) is 0 Å². The number of hydrogen-bond donors (Lipinski definition) is 3. The SMILES string of the molecule is COc1ccc(OC)c(C(O)C(N)C(=O)O)c1. The third-order valence-electron chi connectivity index (χ3n) is 2.38. The van der Waals surface area contributed by atoms with Crippen molar-refractivity contribution in [1.29, 1.82) is 0 Å². The van der Waals surface area contributed by atoms with Crippen molar-refractivity contribution in [2.24, 2.45) is 5.73 Å². The molecule has 0 saturated carbocycles. The molecule has 0 aliphatic heterocycles. The van der Waals surface area contributed by atoms with Crippen molar-refractivity contribution < 1.29 is 24.5 Å². The van der Waals surface area contributed by atoms with E-state index in [1.54, 1.807) is 12.1 Å². The maximum Gasteiger partial charge on any atom is 0.323 e. The van der Waals surface area contributed by atoms with E-state index in [1.807, 2.05) is 0 Å². The van der Waals surface area contributed by atoms with Gasteiger partial charge in [0.05, 0.1) is 14.2 Å². The average molecular weight is 241 g/mol. The van der Waals surface area contributed by atoms with Crippen molar-refractivity contribution in [3.05, 3.63) is 23.8 Å². The predicted molar refractivity (Wildman–Crippen MR) is 60.1 cm³/mol. The van der Waals surface area contributed by atoms with Crippen LogP contribution in [0.3, 0.4) is 0 Å². The fraction of sp³-hybridized carbons (Fsp3) is 0.364. The molecule has 0 aliphatic carbocycles. The van der Waals surface area contributed by atoms with Crippen LogP contribution in [0.15, 0.2) is 18.2 Å². The highest BCUT2D eigenvalue weighted by Crippen LogP contribution is 2.30. The Bertz CT molecular complexity index is 407. The number of rotatable bonds is 5. The van der Waals surface area contributed by atoms with E-state index in [-0.39, 0.29) is 5.56 Å². The third-order valence-corrected chi connectivity index (χ3v) is 2.38. The number of benzene rings is 1. The molecule has 0 aromatic heterocycles. The van der Waals surface area contributed by atoms with Crippen molar-refractivity contribution in [2.45, 2.75) is 12.1 Å². The Morgan fingerprint density at radius 3 is 2.47 bits per heavy atom. The van der Waals surface area contributed by atoms with Gasteiger partial charge in [-0.15, -0.1) is 0 Å². The summed E-state index contributed by atoms with van der Waals surface area (Å²) >= 11 is 0. The molecule has 6 heteroatoms. The Hall–Kier alpha value is -1.79. The lowest BCUT2D eigenvalue weighted by atomic mass is 10.0. The molecule has 0 radical (unpaired) electrons. The minimum atomic E-state index is -1.42. The zero-order chi connectivity index (χ0) is 13.0. The van der Waals surface area contributed by atoms with Crippen LogP contribution in [0, 0.1) is 0 Å². The van der Waals surface area contributed by atoms with Gasteiger partial charge in [0.2, 0.25) is 0 Å². The largest absolute Gasteiger partial charge is 0.497 e. The summed E-state index contributed by atoms with van der Waals surface area (Å²) in [7, 11) is 2.89. The number of carboxylic acids is 1. The van der Waals surface area contributed by atoms with Gasteiger partial charge >= 0.3 is 5.97 Å². The molecule has 0 saturated heterocycles. The van der Waals surface area contributed by atoms with Crippen molar-refractivity contribution in [3.8, 4) is 11.5 Å². The lowest BCUT2D eigenvalue weighted by Gasteiger charge is -2.18. The molecule has 94 valence electrons. The van der Waals surface area contributed by atoms with E-state index in [2.05, 4.69) is 0 Å². The summed E-state index contributed by atoms with van der Waals surface area (Å²) in [5.41, 5.74) is 5.64. The van der Waals surface area contributed by atoms with Crippen LogP contribution in [-0.4, -0.2) is 36.4 Å².